The summed E-state index contributed by atoms with van der Waals surface area (Å²) in [7, 11) is 3.31. The lowest BCUT2D eigenvalue weighted by Gasteiger charge is -2.26. The van der Waals surface area contributed by atoms with Crippen molar-refractivity contribution in [2.24, 2.45) is 0 Å². The van der Waals surface area contributed by atoms with Crippen molar-refractivity contribution in [1.82, 2.24) is 0 Å². The first kappa shape index (κ1) is 15.1. The van der Waals surface area contributed by atoms with Crippen molar-refractivity contribution in [3.8, 4) is 5.75 Å². The molecule has 2 amide bonds. The van der Waals surface area contributed by atoms with Crippen LogP contribution in [0, 0.1) is 0 Å². The first-order valence-electron chi connectivity index (χ1n) is 7.44. The van der Waals surface area contributed by atoms with Gasteiger partial charge in [0.1, 0.15) is 5.75 Å². The van der Waals surface area contributed by atoms with Crippen LogP contribution in [0.4, 0.5) is 11.4 Å². The maximum atomic E-state index is 12.4. The molecule has 3 rings (SSSR count). The van der Waals surface area contributed by atoms with Gasteiger partial charge in [-0.05, 0) is 42.3 Å². The predicted octanol–water partition coefficient (Wildman–Crippen LogP) is 2.86. The molecule has 1 aliphatic rings. The number of benzene rings is 2. The van der Waals surface area contributed by atoms with E-state index in [1.807, 2.05) is 18.2 Å². The first-order chi connectivity index (χ1) is 11.1. The highest BCUT2D eigenvalue weighted by atomic mass is 16.5. The molecule has 118 valence electrons. The zero-order valence-corrected chi connectivity index (χ0v) is 13.1. The standard InChI is InChI=1S/C18H18N2O3/c1-20-15-9-8-13(11-12(15)7-10-17(20)21)19-18(22)14-5-3-4-6-16(14)23-2/h3-6,8-9,11H,7,10H2,1-2H3,(H,19,22). The number of fused-ring (bicyclic) bond motifs is 1. The fraction of sp³-hybridized carbons (Fsp3) is 0.222. The van der Waals surface area contributed by atoms with Crippen LogP contribution >= 0.6 is 0 Å². The molecule has 0 saturated heterocycles. The molecule has 2 aromatic carbocycles. The van der Waals surface area contributed by atoms with Crippen LogP contribution in [0.3, 0.4) is 0 Å². The molecule has 0 fully saturated rings. The van der Waals surface area contributed by atoms with Crippen LogP contribution in [0.25, 0.3) is 0 Å². The normalized spacial score (nSPS) is 13.5. The topological polar surface area (TPSA) is 58.6 Å². The van der Waals surface area contributed by atoms with Crippen molar-refractivity contribution in [1.29, 1.82) is 0 Å². The number of carbonyl (C=O) groups excluding carboxylic acids is 2. The number of anilines is 2. The molecule has 1 aliphatic heterocycles. The predicted molar refractivity (Wildman–Crippen MR) is 89.1 cm³/mol. The molecule has 5 nitrogen and oxygen atoms in total. The number of carbonyl (C=O) groups is 2. The van der Waals surface area contributed by atoms with E-state index >= 15 is 0 Å². The Kier molecular flexibility index (Phi) is 4.02. The third-order valence-corrected chi connectivity index (χ3v) is 4.03. The Morgan fingerprint density at radius 1 is 1.17 bits per heavy atom. The number of hydrogen-bond acceptors (Lipinski definition) is 3. The zero-order valence-electron chi connectivity index (χ0n) is 13.1. The molecule has 2 aromatic rings. The minimum Gasteiger partial charge on any atom is -0.496 e. The summed E-state index contributed by atoms with van der Waals surface area (Å²) in [4.78, 5) is 25.8. The quantitative estimate of drug-likeness (QED) is 0.948. The maximum Gasteiger partial charge on any atom is 0.259 e. The number of nitrogens with one attached hydrogen (secondary N) is 1. The number of hydrogen-bond donors (Lipinski definition) is 1. The van der Waals surface area contributed by atoms with Gasteiger partial charge >= 0.3 is 0 Å². The van der Waals surface area contributed by atoms with E-state index in [0.717, 1.165) is 11.3 Å². The van der Waals surface area contributed by atoms with Gasteiger partial charge in [0.05, 0.1) is 12.7 Å². The van der Waals surface area contributed by atoms with Crippen molar-refractivity contribution < 1.29 is 14.3 Å². The van der Waals surface area contributed by atoms with Crippen LogP contribution in [-0.2, 0) is 11.2 Å². The van der Waals surface area contributed by atoms with Crippen LogP contribution in [0.5, 0.6) is 5.75 Å². The molecular formula is C18H18N2O3. The molecular weight excluding hydrogens is 292 g/mol. The van der Waals surface area contributed by atoms with Crippen LogP contribution in [-0.4, -0.2) is 26.0 Å². The SMILES string of the molecule is COc1ccccc1C(=O)Nc1ccc2c(c1)CCC(=O)N2C. The molecule has 0 bridgehead atoms. The molecule has 1 N–H and O–H groups in total. The summed E-state index contributed by atoms with van der Waals surface area (Å²) in [5.41, 5.74) is 3.16. The number of methoxy groups -OCH3 is 1. The van der Waals surface area contributed by atoms with Crippen molar-refractivity contribution in [2.45, 2.75) is 12.8 Å². The number of para-hydroxylation sites is 1. The summed E-state index contributed by atoms with van der Waals surface area (Å²) in [6, 6.07) is 12.7. The lowest BCUT2D eigenvalue weighted by Crippen LogP contribution is -2.31. The van der Waals surface area contributed by atoms with Crippen molar-refractivity contribution >= 4 is 23.2 Å². The van der Waals surface area contributed by atoms with Gasteiger partial charge in [0.2, 0.25) is 5.91 Å². The summed E-state index contributed by atoms with van der Waals surface area (Å²) >= 11 is 0. The van der Waals surface area contributed by atoms with Crippen LogP contribution in [0.1, 0.15) is 22.3 Å². The highest BCUT2D eigenvalue weighted by molar-refractivity contribution is 6.06. The molecule has 0 aliphatic carbocycles. The molecule has 0 atom stereocenters. The van der Waals surface area contributed by atoms with Crippen LogP contribution in [0.15, 0.2) is 42.5 Å². The van der Waals surface area contributed by atoms with E-state index in [0.29, 0.717) is 29.8 Å². The molecule has 0 unspecified atom stereocenters. The monoisotopic (exact) mass is 310 g/mol. The molecule has 5 heteroatoms. The van der Waals surface area contributed by atoms with Gasteiger partial charge < -0.3 is 15.0 Å². The Bertz CT molecular complexity index is 771. The van der Waals surface area contributed by atoms with E-state index < -0.39 is 0 Å². The summed E-state index contributed by atoms with van der Waals surface area (Å²) < 4.78 is 5.22. The number of nitrogens with zero attached hydrogens (tertiary/aromatic N) is 1. The van der Waals surface area contributed by atoms with Crippen molar-refractivity contribution in [3.05, 3.63) is 53.6 Å². The second kappa shape index (κ2) is 6.12. The van der Waals surface area contributed by atoms with Gasteiger partial charge in [-0.3, -0.25) is 9.59 Å². The molecule has 0 aromatic heterocycles. The second-order valence-corrected chi connectivity index (χ2v) is 5.45. The summed E-state index contributed by atoms with van der Waals surface area (Å²) in [5.74, 6) is 0.430. The summed E-state index contributed by atoms with van der Waals surface area (Å²) in [5, 5.41) is 2.89. The Labute approximate surface area is 134 Å². The van der Waals surface area contributed by atoms with E-state index in [9.17, 15) is 9.59 Å². The molecule has 0 saturated carbocycles. The highest BCUT2D eigenvalue weighted by Gasteiger charge is 2.21. The lowest BCUT2D eigenvalue weighted by atomic mass is 10.0. The molecule has 0 spiro atoms. The van der Waals surface area contributed by atoms with Gasteiger partial charge in [0.25, 0.3) is 5.91 Å². The fourth-order valence-electron chi connectivity index (χ4n) is 2.77. The van der Waals surface area contributed by atoms with E-state index in [4.69, 9.17) is 4.74 Å². The summed E-state index contributed by atoms with van der Waals surface area (Å²) in [6.45, 7) is 0. The van der Waals surface area contributed by atoms with Gasteiger partial charge in [0, 0.05) is 24.8 Å². The van der Waals surface area contributed by atoms with E-state index in [1.165, 1.54) is 7.11 Å². The number of aryl methyl sites for hydroxylation is 1. The van der Waals surface area contributed by atoms with E-state index in [-0.39, 0.29) is 11.8 Å². The highest BCUT2D eigenvalue weighted by Crippen LogP contribution is 2.29. The number of rotatable bonds is 3. The van der Waals surface area contributed by atoms with Crippen molar-refractivity contribution in [2.75, 3.05) is 24.4 Å². The Hall–Kier alpha value is -2.82. The Morgan fingerprint density at radius 2 is 1.96 bits per heavy atom. The van der Waals surface area contributed by atoms with E-state index in [2.05, 4.69) is 5.32 Å². The van der Waals surface area contributed by atoms with Gasteiger partial charge in [-0.25, -0.2) is 0 Å². The molecule has 1 heterocycles. The zero-order chi connectivity index (χ0) is 16.4. The van der Waals surface area contributed by atoms with Gasteiger partial charge in [0.15, 0.2) is 0 Å². The third kappa shape index (κ3) is 2.90. The minimum atomic E-state index is -0.220. The van der Waals surface area contributed by atoms with Crippen molar-refractivity contribution in [3.63, 3.8) is 0 Å². The molecule has 0 radical (unpaired) electrons. The van der Waals surface area contributed by atoms with E-state index in [1.54, 1.807) is 36.2 Å². The lowest BCUT2D eigenvalue weighted by molar-refractivity contribution is -0.118. The number of amides is 2. The Morgan fingerprint density at radius 3 is 2.74 bits per heavy atom. The smallest absolute Gasteiger partial charge is 0.259 e. The summed E-state index contributed by atoms with van der Waals surface area (Å²) in [6.07, 6.45) is 1.18. The second-order valence-electron chi connectivity index (χ2n) is 5.45. The van der Waals surface area contributed by atoms with Crippen LogP contribution in [0.2, 0.25) is 0 Å². The van der Waals surface area contributed by atoms with Crippen LogP contribution < -0.4 is 15.0 Å². The van der Waals surface area contributed by atoms with Gasteiger partial charge in [-0.2, -0.15) is 0 Å². The van der Waals surface area contributed by atoms with Gasteiger partial charge in [-0.1, -0.05) is 12.1 Å². The Balaban J connectivity index is 1.84. The fourth-order valence-corrected chi connectivity index (χ4v) is 2.77. The molecule has 23 heavy (non-hydrogen) atoms. The number of ether oxygens (including phenoxy) is 1. The third-order valence-electron chi connectivity index (χ3n) is 4.03. The first-order valence-corrected chi connectivity index (χ1v) is 7.44. The average molecular weight is 310 g/mol. The maximum absolute atomic E-state index is 12.4. The largest absolute Gasteiger partial charge is 0.496 e. The average Bonchev–Trinajstić information content (AvgIpc) is 2.58. The minimum absolute atomic E-state index is 0.114. The van der Waals surface area contributed by atoms with Gasteiger partial charge in [-0.15, -0.1) is 0 Å².